The summed E-state index contributed by atoms with van der Waals surface area (Å²) in [5.41, 5.74) is 3.57. The molecular formula is C19H21NO2. The number of aliphatic imine (C=N–C) groups is 1. The highest BCUT2D eigenvalue weighted by atomic mass is 16.4. The molecule has 0 spiro atoms. The van der Waals surface area contributed by atoms with E-state index in [1.807, 2.05) is 56.3 Å². The van der Waals surface area contributed by atoms with Crippen LogP contribution in [0.2, 0.25) is 0 Å². The van der Waals surface area contributed by atoms with E-state index in [2.05, 4.69) is 17.1 Å². The summed E-state index contributed by atoms with van der Waals surface area (Å²) < 4.78 is 0. The van der Waals surface area contributed by atoms with E-state index in [-0.39, 0.29) is 6.42 Å². The van der Waals surface area contributed by atoms with Gasteiger partial charge in [-0.25, -0.2) is 0 Å². The summed E-state index contributed by atoms with van der Waals surface area (Å²) in [5.74, 6) is -0.813. The number of carboxylic acid groups (broad SMARTS) is 1. The van der Waals surface area contributed by atoms with Crippen LogP contribution in [0.5, 0.6) is 0 Å². The highest BCUT2D eigenvalue weighted by Gasteiger charge is 2.28. The van der Waals surface area contributed by atoms with Gasteiger partial charge in [0, 0.05) is 18.2 Å². The number of nitrogens with zero attached hydrogens (tertiary/aromatic N) is 1. The molecule has 0 atom stereocenters. The molecule has 1 N–H and O–H groups in total. The molecule has 0 unspecified atom stereocenters. The van der Waals surface area contributed by atoms with Crippen LogP contribution in [0.3, 0.4) is 0 Å². The predicted octanol–water partition coefficient (Wildman–Crippen LogP) is 4.27. The molecule has 0 radical (unpaired) electrons. The van der Waals surface area contributed by atoms with Crippen LogP contribution in [-0.2, 0) is 4.79 Å². The van der Waals surface area contributed by atoms with Gasteiger partial charge in [0.1, 0.15) is 0 Å². The van der Waals surface area contributed by atoms with Gasteiger partial charge in [-0.05, 0) is 16.7 Å². The molecule has 0 saturated heterocycles. The Morgan fingerprint density at radius 2 is 1.55 bits per heavy atom. The molecule has 2 rings (SSSR count). The van der Waals surface area contributed by atoms with Crippen LogP contribution in [-0.4, -0.2) is 23.8 Å². The van der Waals surface area contributed by atoms with Crippen molar-refractivity contribution in [3.8, 4) is 11.1 Å². The number of carbonyl (C=O) groups is 1. The van der Waals surface area contributed by atoms with Gasteiger partial charge in [-0.15, -0.1) is 0 Å². The molecule has 3 heteroatoms. The zero-order chi connectivity index (χ0) is 16.2. The highest BCUT2D eigenvalue weighted by Crippen LogP contribution is 2.28. The van der Waals surface area contributed by atoms with Gasteiger partial charge < -0.3 is 5.11 Å². The van der Waals surface area contributed by atoms with Crippen LogP contribution in [0.4, 0.5) is 0 Å². The monoisotopic (exact) mass is 295 g/mol. The minimum atomic E-state index is -0.813. The largest absolute Gasteiger partial charge is 0.481 e. The molecule has 0 amide bonds. The van der Waals surface area contributed by atoms with E-state index in [4.69, 9.17) is 5.11 Å². The average molecular weight is 295 g/mol. The van der Waals surface area contributed by atoms with Crippen molar-refractivity contribution in [2.45, 2.75) is 20.3 Å². The lowest BCUT2D eigenvalue weighted by Gasteiger charge is -2.25. The Hall–Kier alpha value is -2.42. The quantitative estimate of drug-likeness (QED) is 0.837. The molecule has 0 aliphatic rings. The van der Waals surface area contributed by atoms with Crippen LogP contribution in [0.1, 0.15) is 25.8 Å². The lowest BCUT2D eigenvalue weighted by Crippen LogP contribution is -2.28. The molecule has 0 aliphatic carbocycles. The smallest absolute Gasteiger partial charge is 0.304 e. The molecule has 114 valence electrons. The average Bonchev–Trinajstić information content (AvgIpc) is 2.48. The molecule has 0 heterocycles. The van der Waals surface area contributed by atoms with E-state index >= 15 is 0 Å². The number of benzene rings is 2. The fourth-order valence-electron chi connectivity index (χ4n) is 2.74. The summed E-state index contributed by atoms with van der Waals surface area (Å²) in [6, 6.07) is 18.3. The molecule has 0 aromatic heterocycles. The van der Waals surface area contributed by atoms with Gasteiger partial charge in [-0.1, -0.05) is 68.4 Å². The standard InChI is InChI=1S/C19H21NO2/c1-19(2,13-17(21)22)18(20-3)16-11-9-15(10-12-16)14-7-5-4-6-8-14/h4-12H,13H2,1-3H3,(H,21,22). The maximum absolute atomic E-state index is 11.1. The minimum absolute atomic E-state index is 0.0557. The van der Waals surface area contributed by atoms with Crippen molar-refractivity contribution < 1.29 is 9.90 Å². The Morgan fingerprint density at radius 3 is 2.05 bits per heavy atom. The third-order valence-corrected chi connectivity index (χ3v) is 3.72. The number of rotatable bonds is 5. The fourth-order valence-corrected chi connectivity index (χ4v) is 2.74. The number of carboxylic acids is 1. The first-order valence-electron chi connectivity index (χ1n) is 7.29. The Bertz CT molecular complexity index is 670. The maximum atomic E-state index is 11.1. The van der Waals surface area contributed by atoms with Gasteiger partial charge in [-0.3, -0.25) is 9.79 Å². The zero-order valence-corrected chi connectivity index (χ0v) is 13.2. The Labute approximate surface area is 131 Å². The normalized spacial score (nSPS) is 12.2. The second-order valence-corrected chi connectivity index (χ2v) is 5.97. The van der Waals surface area contributed by atoms with E-state index in [9.17, 15) is 4.79 Å². The van der Waals surface area contributed by atoms with Crippen LogP contribution < -0.4 is 0 Å². The maximum Gasteiger partial charge on any atom is 0.304 e. The van der Waals surface area contributed by atoms with Gasteiger partial charge in [0.2, 0.25) is 0 Å². The fraction of sp³-hybridized carbons (Fsp3) is 0.263. The molecule has 2 aromatic carbocycles. The SMILES string of the molecule is CN=C(c1ccc(-c2ccccc2)cc1)C(C)(C)CC(=O)O. The van der Waals surface area contributed by atoms with Crippen molar-refractivity contribution in [1.29, 1.82) is 0 Å². The molecule has 3 nitrogen and oxygen atoms in total. The van der Waals surface area contributed by atoms with Crippen LogP contribution in [0.15, 0.2) is 59.6 Å². The van der Waals surface area contributed by atoms with Crippen molar-refractivity contribution in [1.82, 2.24) is 0 Å². The predicted molar refractivity (Wildman–Crippen MR) is 90.4 cm³/mol. The summed E-state index contributed by atoms with van der Waals surface area (Å²) in [6.07, 6.45) is 0.0557. The molecule has 2 aromatic rings. The van der Waals surface area contributed by atoms with E-state index < -0.39 is 11.4 Å². The minimum Gasteiger partial charge on any atom is -0.481 e. The molecule has 0 aliphatic heterocycles. The Morgan fingerprint density at radius 1 is 1.00 bits per heavy atom. The van der Waals surface area contributed by atoms with Gasteiger partial charge >= 0.3 is 5.97 Å². The lowest BCUT2D eigenvalue weighted by molar-refractivity contribution is -0.138. The summed E-state index contributed by atoms with van der Waals surface area (Å²) in [6.45, 7) is 3.82. The van der Waals surface area contributed by atoms with Crippen molar-refractivity contribution in [3.05, 3.63) is 60.2 Å². The number of aliphatic carboxylic acids is 1. The summed E-state index contributed by atoms with van der Waals surface area (Å²) >= 11 is 0. The molecule has 22 heavy (non-hydrogen) atoms. The lowest BCUT2D eigenvalue weighted by atomic mass is 9.80. The molecular weight excluding hydrogens is 274 g/mol. The summed E-state index contributed by atoms with van der Waals surface area (Å²) in [4.78, 5) is 15.4. The van der Waals surface area contributed by atoms with Crippen LogP contribution in [0, 0.1) is 5.41 Å². The molecule has 0 bridgehead atoms. The number of hydrogen-bond acceptors (Lipinski definition) is 2. The van der Waals surface area contributed by atoms with E-state index in [0.717, 1.165) is 22.4 Å². The van der Waals surface area contributed by atoms with E-state index in [0.29, 0.717) is 0 Å². The molecule has 0 saturated carbocycles. The first-order valence-corrected chi connectivity index (χ1v) is 7.29. The second-order valence-electron chi connectivity index (χ2n) is 5.97. The topological polar surface area (TPSA) is 49.7 Å². The van der Waals surface area contributed by atoms with E-state index in [1.165, 1.54) is 0 Å². The van der Waals surface area contributed by atoms with Crippen molar-refractivity contribution in [2.24, 2.45) is 10.4 Å². The van der Waals surface area contributed by atoms with Gasteiger partial charge in [0.15, 0.2) is 0 Å². The van der Waals surface area contributed by atoms with Gasteiger partial charge in [0.05, 0.1) is 6.42 Å². The van der Waals surface area contributed by atoms with Gasteiger partial charge in [-0.2, -0.15) is 0 Å². The summed E-state index contributed by atoms with van der Waals surface area (Å²) in [5, 5.41) is 9.08. The first-order chi connectivity index (χ1) is 10.4. The van der Waals surface area contributed by atoms with Crippen LogP contribution >= 0.6 is 0 Å². The Balaban J connectivity index is 2.31. The second kappa shape index (κ2) is 6.56. The van der Waals surface area contributed by atoms with Crippen LogP contribution in [0.25, 0.3) is 11.1 Å². The summed E-state index contributed by atoms with van der Waals surface area (Å²) in [7, 11) is 1.71. The van der Waals surface area contributed by atoms with Crippen molar-refractivity contribution >= 4 is 11.7 Å². The highest BCUT2D eigenvalue weighted by molar-refractivity contribution is 6.05. The Kier molecular flexibility index (Phi) is 4.76. The van der Waals surface area contributed by atoms with Crippen molar-refractivity contribution in [3.63, 3.8) is 0 Å². The molecule has 0 fully saturated rings. The van der Waals surface area contributed by atoms with E-state index in [1.54, 1.807) is 7.05 Å². The van der Waals surface area contributed by atoms with Crippen molar-refractivity contribution in [2.75, 3.05) is 7.05 Å². The van der Waals surface area contributed by atoms with Gasteiger partial charge in [0.25, 0.3) is 0 Å². The number of hydrogen-bond donors (Lipinski definition) is 1. The third kappa shape index (κ3) is 3.61. The zero-order valence-electron chi connectivity index (χ0n) is 13.2. The third-order valence-electron chi connectivity index (χ3n) is 3.72. The first kappa shape index (κ1) is 16.0.